The van der Waals surface area contributed by atoms with Crippen molar-refractivity contribution >= 4 is 0 Å². The third kappa shape index (κ3) is 12.1. The van der Waals surface area contributed by atoms with Crippen molar-refractivity contribution in [2.75, 3.05) is 0 Å². The van der Waals surface area contributed by atoms with Crippen molar-refractivity contribution in [1.82, 2.24) is 0 Å². The predicted octanol–water partition coefficient (Wildman–Crippen LogP) is -0.243. The smallest absolute Gasteiger partial charge is 2.00 e. The van der Waals surface area contributed by atoms with Crippen LogP contribution in [0, 0.1) is 0 Å². The van der Waals surface area contributed by atoms with Gasteiger partial charge in [0.15, 0.2) is 0 Å². The molecule has 4 heavy (non-hydrogen) atoms. The summed E-state index contributed by atoms with van der Waals surface area (Å²) >= 11 is 0. The summed E-state index contributed by atoms with van der Waals surface area (Å²) in [4.78, 5) is 0. The van der Waals surface area contributed by atoms with Gasteiger partial charge in [0, 0.05) is 17.4 Å². The van der Waals surface area contributed by atoms with Gasteiger partial charge in [0.05, 0.1) is 0 Å². The van der Waals surface area contributed by atoms with E-state index >= 15 is 0 Å². The fourth-order valence-corrected chi connectivity index (χ4v) is 0. The summed E-state index contributed by atoms with van der Waals surface area (Å²) in [7, 11) is 0. The molecule has 0 bridgehead atoms. The molecular weight excluding hydrogens is 136 g/mol. The van der Waals surface area contributed by atoms with Crippen molar-refractivity contribution < 1.29 is 45.7 Å². The molecule has 0 atom stereocenters. The average Bonchev–Trinajstić information content (AvgIpc) is 0. The third-order valence-corrected chi connectivity index (χ3v) is 0. The van der Waals surface area contributed by atoms with E-state index in [9.17, 15) is 0 Å². The molecule has 0 saturated heterocycles. The first-order chi connectivity index (χ1) is 0. The zero-order valence-corrected chi connectivity index (χ0v) is 4.18. The monoisotopic (exact) mass is 136 g/mol. The molecule has 0 heterocycles. The first kappa shape index (κ1) is 81.6. The molecular formula is Cr2O2. The van der Waals surface area contributed by atoms with Crippen molar-refractivity contribution in [2.24, 2.45) is 0 Å². The maximum atomic E-state index is 0. The molecule has 0 aliphatic heterocycles. The zero-order chi connectivity index (χ0) is 0. The predicted molar refractivity (Wildman–Crippen MR) is 1.37 cm³/mol. The van der Waals surface area contributed by atoms with Crippen molar-refractivity contribution in [3.05, 3.63) is 0 Å². The van der Waals surface area contributed by atoms with Gasteiger partial charge < -0.3 is 11.0 Å². The van der Waals surface area contributed by atoms with E-state index in [4.69, 9.17) is 0 Å². The Balaban J connectivity index is 0. The fraction of sp³-hybridized carbons (Fsp3) is 0. The van der Waals surface area contributed by atoms with Gasteiger partial charge in [-0.25, -0.2) is 0 Å². The maximum absolute atomic E-state index is 0. The van der Waals surface area contributed by atoms with Crippen LogP contribution in [0.2, 0.25) is 0 Å². The first-order valence-corrected chi connectivity index (χ1v) is 0. The molecule has 0 aliphatic carbocycles. The van der Waals surface area contributed by atoms with E-state index in [1.807, 2.05) is 0 Å². The average molecular weight is 136 g/mol. The second-order valence-electron chi connectivity index (χ2n) is 0. The van der Waals surface area contributed by atoms with Gasteiger partial charge in [0.1, 0.15) is 0 Å². The Morgan fingerprint density at radius 3 is 0.750 bits per heavy atom. The molecule has 0 unspecified atom stereocenters. The molecule has 0 aromatic carbocycles. The molecule has 0 aromatic heterocycles. The Hall–Kier alpha value is 0.985. The number of hydrogen-bond donors (Lipinski definition) is 0. The zero-order valence-electron chi connectivity index (χ0n) is 1.63. The maximum Gasteiger partial charge on any atom is 4.00 e. The second kappa shape index (κ2) is 36.6. The minimum Gasteiger partial charge on any atom is -2.00 e. The van der Waals surface area contributed by atoms with Gasteiger partial charge in [-0.1, -0.05) is 0 Å². The van der Waals surface area contributed by atoms with Gasteiger partial charge in [-0.2, -0.15) is 0 Å². The van der Waals surface area contributed by atoms with Gasteiger partial charge >= 0.3 is 17.4 Å². The molecule has 0 aromatic rings. The minimum absolute atomic E-state index is 0. The summed E-state index contributed by atoms with van der Waals surface area (Å²) in [5.41, 5.74) is 0. The molecule has 0 N–H and O–H groups in total. The van der Waals surface area contributed by atoms with E-state index in [1.54, 1.807) is 0 Å². The van der Waals surface area contributed by atoms with Crippen molar-refractivity contribution in [1.29, 1.82) is 0 Å². The van der Waals surface area contributed by atoms with E-state index < -0.39 is 0 Å². The van der Waals surface area contributed by atoms with Crippen LogP contribution in [-0.4, -0.2) is 0 Å². The van der Waals surface area contributed by atoms with Crippen LogP contribution in [0.5, 0.6) is 0 Å². The van der Waals surface area contributed by atoms with E-state index in [1.165, 1.54) is 0 Å². The van der Waals surface area contributed by atoms with Gasteiger partial charge in [-0.05, 0) is 0 Å². The summed E-state index contributed by atoms with van der Waals surface area (Å²) in [5.74, 6) is 0. The van der Waals surface area contributed by atoms with Crippen LogP contribution in [-0.2, 0) is 45.7 Å². The Labute approximate surface area is 46.1 Å². The quantitative estimate of drug-likeness (QED) is 0.441. The van der Waals surface area contributed by atoms with Crippen molar-refractivity contribution in [3.63, 3.8) is 0 Å². The van der Waals surface area contributed by atoms with Crippen LogP contribution in [0.4, 0.5) is 0 Å². The summed E-state index contributed by atoms with van der Waals surface area (Å²) in [6, 6.07) is 0. The van der Waals surface area contributed by atoms with E-state index in [0.717, 1.165) is 0 Å². The minimum atomic E-state index is 0. The van der Waals surface area contributed by atoms with Gasteiger partial charge in [-0.15, -0.1) is 0 Å². The molecule has 4 heteroatoms. The van der Waals surface area contributed by atoms with Gasteiger partial charge in [0.2, 0.25) is 0 Å². The third-order valence-electron chi connectivity index (χ3n) is 0. The first-order valence-electron chi connectivity index (χ1n) is 0. The topological polar surface area (TPSA) is 57.0 Å². The molecule has 0 rings (SSSR count). The molecule has 2 nitrogen and oxygen atoms in total. The van der Waals surface area contributed by atoms with Crippen LogP contribution >= 0.6 is 0 Å². The Kier molecular flexibility index (Phi) is 747. The molecule has 0 aliphatic rings. The van der Waals surface area contributed by atoms with Crippen LogP contribution in [0.25, 0.3) is 0 Å². The van der Waals surface area contributed by atoms with Crippen LogP contribution in [0.15, 0.2) is 0 Å². The summed E-state index contributed by atoms with van der Waals surface area (Å²) in [6.45, 7) is 0. The van der Waals surface area contributed by atoms with Gasteiger partial charge in [-0.3, -0.25) is 0 Å². The number of rotatable bonds is 0. The molecule has 0 saturated carbocycles. The van der Waals surface area contributed by atoms with E-state index in [-0.39, 0.29) is 45.7 Å². The standard InChI is InChI=1S/2Cr.2O/q;+4;2*-2. The molecule has 0 fully saturated rings. The summed E-state index contributed by atoms with van der Waals surface area (Å²) in [6.07, 6.45) is 0. The van der Waals surface area contributed by atoms with Gasteiger partial charge in [0.25, 0.3) is 0 Å². The van der Waals surface area contributed by atoms with Crippen LogP contribution in [0.3, 0.4) is 0 Å². The van der Waals surface area contributed by atoms with Crippen molar-refractivity contribution in [3.8, 4) is 0 Å². The normalized spacial score (nSPS) is 0. The van der Waals surface area contributed by atoms with E-state index in [2.05, 4.69) is 0 Å². The SMILES string of the molecule is [Cr+4].[Cr].[O-2].[O-2]. The Bertz CT molecular complexity index is 4.00. The fourth-order valence-electron chi connectivity index (χ4n) is 0. The largest absolute Gasteiger partial charge is 4.00 e. The summed E-state index contributed by atoms with van der Waals surface area (Å²) < 4.78 is 0. The summed E-state index contributed by atoms with van der Waals surface area (Å²) in [5, 5.41) is 0. The van der Waals surface area contributed by atoms with Crippen LogP contribution in [0.1, 0.15) is 0 Å². The number of hydrogen-bond acceptors (Lipinski definition) is 0. The molecule has 0 radical (unpaired) electrons. The Morgan fingerprint density at radius 1 is 0.750 bits per heavy atom. The van der Waals surface area contributed by atoms with Crippen molar-refractivity contribution in [2.45, 2.75) is 0 Å². The molecule has 0 amide bonds. The molecule has 24 valence electrons. The second-order valence-corrected chi connectivity index (χ2v) is 0. The molecule has 0 spiro atoms. The van der Waals surface area contributed by atoms with E-state index in [0.29, 0.717) is 0 Å². The Morgan fingerprint density at radius 2 is 0.750 bits per heavy atom. The van der Waals surface area contributed by atoms with Crippen LogP contribution < -0.4 is 0 Å².